The van der Waals surface area contributed by atoms with E-state index in [1.165, 1.54) is 0 Å². The van der Waals surface area contributed by atoms with Gasteiger partial charge in [-0.3, -0.25) is 9.78 Å². The molecule has 0 aliphatic rings. The second kappa shape index (κ2) is 11.1. The van der Waals surface area contributed by atoms with Gasteiger partial charge in [0.2, 0.25) is 17.6 Å². The van der Waals surface area contributed by atoms with E-state index in [0.717, 1.165) is 6.42 Å². The van der Waals surface area contributed by atoms with Gasteiger partial charge in [0.1, 0.15) is 5.69 Å². The maximum absolute atomic E-state index is 12.2. The van der Waals surface area contributed by atoms with Gasteiger partial charge in [0.15, 0.2) is 0 Å². The molecule has 0 saturated carbocycles. The zero-order valence-corrected chi connectivity index (χ0v) is 16.9. The lowest BCUT2D eigenvalue weighted by atomic mass is 9.90. The summed E-state index contributed by atoms with van der Waals surface area (Å²) in [5.74, 6) is 1.23. The van der Waals surface area contributed by atoms with Crippen LogP contribution >= 0.6 is 24.8 Å². The van der Waals surface area contributed by atoms with Crippen molar-refractivity contribution in [1.82, 2.24) is 20.4 Å². The number of aromatic nitrogens is 3. The first-order chi connectivity index (χ1) is 11.4. The normalized spacial score (nSPS) is 12.7. The minimum Gasteiger partial charge on any atom is -0.350 e. The highest BCUT2D eigenvalue weighted by Gasteiger charge is 2.25. The van der Waals surface area contributed by atoms with E-state index in [9.17, 15) is 4.79 Å². The molecule has 146 valence electrons. The minimum absolute atomic E-state index is 0. The van der Waals surface area contributed by atoms with Gasteiger partial charge in [0.05, 0.1) is 0 Å². The predicted octanol–water partition coefficient (Wildman–Crippen LogP) is 2.79. The Labute approximate surface area is 166 Å². The largest absolute Gasteiger partial charge is 0.350 e. The van der Waals surface area contributed by atoms with Crippen molar-refractivity contribution in [3.05, 3.63) is 30.3 Å². The summed E-state index contributed by atoms with van der Waals surface area (Å²) >= 11 is 0. The van der Waals surface area contributed by atoms with E-state index in [0.29, 0.717) is 36.3 Å². The average molecular weight is 404 g/mol. The third-order valence-electron chi connectivity index (χ3n) is 3.68. The van der Waals surface area contributed by atoms with Gasteiger partial charge in [0.25, 0.3) is 0 Å². The molecule has 2 rings (SSSR count). The van der Waals surface area contributed by atoms with Crippen molar-refractivity contribution in [2.24, 2.45) is 11.7 Å². The Morgan fingerprint density at radius 1 is 1.35 bits per heavy atom. The lowest BCUT2D eigenvalue weighted by molar-refractivity contribution is -0.123. The number of halogens is 2. The van der Waals surface area contributed by atoms with E-state index in [1.807, 2.05) is 19.1 Å². The van der Waals surface area contributed by atoms with E-state index < -0.39 is 0 Å². The van der Waals surface area contributed by atoms with Crippen LogP contribution in [0.15, 0.2) is 28.9 Å². The van der Waals surface area contributed by atoms with Crippen LogP contribution in [0.1, 0.15) is 39.5 Å². The van der Waals surface area contributed by atoms with Crippen molar-refractivity contribution in [3.8, 4) is 11.5 Å². The van der Waals surface area contributed by atoms with Gasteiger partial charge >= 0.3 is 0 Å². The number of hydrogen-bond acceptors (Lipinski definition) is 6. The van der Waals surface area contributed by atoms with Gasteiger partial charge in [-0.05, 0) is 31.4 Å². The smallest absolute Gasteiger partial charge is 0.227 e. The summed E-state index contributed by atoms with van der Waals surface area (Å²) in [6.45, 7) is 6.59. The molecule has 0 radical (unpaired) electrons. The Hall–Kier alpha value is -1.70. The van der Waals surface area contributed by atoms with Crippen molar-refractivity contribution in [2.45, 2.75) is 45.6 Å². The third kappa shape index (κ3) is 7.27. The molecule has 2 aromatic rings. The van der Waals surface area contributed by atoms with E-state index in [4.69, 9.17) is 10.3 Å². The molecule has 0 aliphatic heterocycles. The Morgan fingerprint density at radius 2 is 2.08 bits per heavy atom. The summed E-state index contributed by atoms with van der Waals surface area (Å²) in [5, 5.41) is 6.91. The van der Waals surface area contributed by atoms with Crippen LogP contribution in [0.5, 0.6) is 0 Å². The fourth-order valence-electron chi connectivity index (χ4n) is 2.66. The van der Waals surface area contributed by atoms with Crippen molar-refractivity contribution in [3.63, 3.8) is 0 Å². The average Bonchev–Trinajstić information content (AvgIpc) is 3.02. The molecule has 0 saturated heterocycles. The Kier molecular flexibility index (Phi) is 10.4. The molecule has 0 bridgehead atoms. The van der Waals surface area contributed by atoms with Crippen molar-refractivity contribution in [1.29, 1.82) is 0 Å². The summed E-state index contributed by atoms with van der Waals surface area (Å²) in [7, 11) is 0. The maximum Gasteiger partial charge on any atom is 0.227 e. The summed E-state index contributed by atoms with van der Waals surface area (Å²) in [6, 6.07) is 5.48. The number of amides is 1. The van der Waals surface area contributed by atoms with Gasteiger partial charge in [0, 0.05) is 31.1 Å². The molecule has 2 aromatic heterocycles. The molecular weight excluding hydrogens is 377 g/mol. The van der Waals surface area contributed by atoms with Crippen LogP contribution in [0.4, 0.5) is 0 Å². The zero-order chi connectivity index (χ0) is 17.6. The van der Waals surface area contributed by atoms with Crippen LogP contribution in [0, 0.1) is 5.92 Å². The van der Waals surface area contributed by atoms with Gasteiger partial charge in [-0.2, -0.15) is 4.98 Å². The number of carbonyl (C=O) groups excluding carboxylic acids is 1. The molecule has 9 heteroatoms. The predicted molar refractivity (Wildman–Crippen MR) is 105 cm³/mol. The van der Waals surface area contributed by atoms with Gasteiger partial charge in [-0.25, -0.2) is 0 Å². The highest BCUT2D eigenvalue weighted by Crippen LogP contribution is 2.16. The van der Waals surface area contributed by atoms with Gasteiger partial charge < -0.3 is 15.6 Å². The number of nitrogens with one attached hydrogen (secondary N) is 1. The maximum atomic E-state index is 12.2. The van der Waals surface area contributed by atoms with E-state index in [2.05, 4.69) is 34.3 Å². The topological polar surface area (TPSA) is 107 Å². The zero-order valence-electron chi connectivity index (χ0n) is 15.3. The van der Waals surface area contributed by atoms with Crippen molar-refractivity contribution >= 4 is 30.7 Å². The molecule has 0 aliphatic carbocycles. The fraction of sp³-hybridized carbons (Fsp3) is 0.529. The second-order valence-corrected chi connectivity index (χ2v) is 6.64. The fourth-order valence-corrected chi connectivity index (χ4v) is 2.66. The van der Waals surface area contributed by atoms with Crippen LogP contribution in [0.25, 0.3) is 11.5 Å². The van der Waals surface area contributed by atoms with Gasteiger partial charge in [-0.15, -0.1) is 24.8 Å². The molecule has 0 spiro atoms. The summed E-state index contributed by atoms with van der Waals surface area (Å²) in [6.07, 6.45) is 3.16. The molecule has 3 N–H and O–H groups in total. The number of nitrogens with two attached hydrogens (primary N) is 1. The number of carbonyl (C=O) groups is 1. The molecule has 0 fully saturated rings. The SMILES string of the molecule is CC(C)CC(C)(CN)NC(=O)CCc1nc(-c2ccccn2)no1.Cl.Cl. The summed E-state index contributed by atoms with van der Waals surface area (Å²) in [5.41, 5.74) is 6.07. The summed E-state index contributed by atoms with van der Waals surface area (Å²) < 4.78 is 5.18. The first-order valence-corrected chi connectivity index (χ1v) is 8.17. The highest BCUT2D eigenvalue weighted by atomic mass is 35.5. The van der Waals surface area contributed by atoms with Crippen LogP contribution in [-0.2, 0) is 11.2 Å². The lowest BCUT2D eigenvalue weighted by Crippen LogP contribution is -2.52. The second-order valence-electron chi connectivity index (χ2n) is 6.64. The summed E-state index contributed by atoms with van der Waals surface area (Å²) in [4.78, 5) is 20.6. The number of aryl methyl sites for hydroxylation is 1. The minimum atomic E-state index is -0.390. The number of nitrogens with zero attached hydrogens (tertiary/aromatic N) is 3. The highest BCUT2D eigenvalue weighted by molar-refractivity contribution is 5.85. The van der Waals surface area contributed by atoms with Crippen LogP contribution in [0.3, 0.4) is 0 Å². The first-order valence-electron chi connectivity index (χ1n) is 8.17. The van der Waals surface area contributed by atoms with E-state index >= 15 is 0 Å². The molecule has 7 nitrogen and oxygen atoms in total. The molecule has 1 amide bonds. The van der Waals surface area contributed by atoms with Crippen molar-refractivity contribution in [2.75, 3.05) is 6.54 Å². The van der Waals surface area contributed by atoms with E-state index in [-0.39, 0.29) is 42.7 Å². The van der Waals surface area contributed by atoms with Crippen molar-refractivity contribution < 1.29 is 9.32 Å². The lowest BCUT2D eigenvalue weighted by Gasteiger charge is -2.31. The first kappa shape index (κ1) is 24.3. The monoisotopic (exact) mass is 403 g/mol. The van der Waals surface area contributed by atoms with E-state index in [1.54, 1.807) is 12.3 Å². The molecule has 26 heavy (non-hydrogen) atoms. The number of pyridine rings is 1. The molecule has 2 heterocycles. The van der Waals surface area contributed by atoms with Crippen LogP contribution in [-0.4, -0.2) is 33.1 Å². The van der Waals surface area contributed by atoms with Crippen LogP contribution < -0.4 is 11.1 Å². The Bertz CT molecular complexity index is 666. The molecule has 1 atom stereocenters. The third-order valence-corrected chi connectivity index (χ3v) is 3.68. The number of rotatable bonds is 8. The molecule has 0 aromatic carbocycles. The van der Waals surface area contributed by atoms with Gasteiger partial charge in [-0.1, -0.05) is 25.1 Å². The number of hydrogen-bond donors (Lipinski definition) is 2. The quantitative estimate of drug-likeness (QED) is 0.701. The van der Waals surface area contributed by atoms with Crippen LogP contribution in [0.2, 0.25) is 0 Å². The standard InChI is InChI=1S/C17H25N5O2.2ClH/c1-12(2)10-17(3,11-18)21-14(23)7-8-15-20-16(22-24-15)13-6-4-5-9-19-13;;/h4-6,9,12H,7-8,10-11,18H2,1-3H3,(H,21,23);2*1H. The Morgan fingerprint density at radius 3 is 2.65 bits per heavy atom. The molecule has 1 unspecified atom stereocenters. The molecular formula is C17H27Cl2N5O2. The Balaban J connectivity index is 0.00000312.